The number of likely N-dealkylation sites (tertiary alicyclic amines) is 1. The third-order valence-electron chi connectivity index (χ3n) is 4.91. The minimum absolute atomic E-state index is 0.0256. The van der Waals surface area contributed by atoms with E-state index in [0.29, 0.717) is 11.1 Å². The highest BCUT2D eigenvalue weighted by Crippen LogP contribution is 2.16. The average Bonchev–Trinajstić information content (AvgIpc) is 2.97. The van der Waals surface area contributed by atoms with Crippen LogP contribution in [0.2, 0.25) is 0 Å². The molecule has 0 spiro atoms. The molecule has 1 heterocycles. The van der Waals surface area contributed by atoms with Crippen LogP contribution in [0.25, 0.3) is 0 Å². The Kier molecular flexibility index (Phi) is 6.05. The van der Waals surface area contributed by atoms with Gasteiger partial charge in [-0.3, -0.25) is 9.59 Å². The van der Waals surface area contributed by atoms with Gasteiger partial charge in [0.1, 0.15) is 0 Å². The number of carbonyl (C=O) groups is 2. The number of nitrogens with zero attached hydrogens (tertiary/aromatic N) is 1. The van der Waals surface area contributed by atoms with Crippen LogP contribution >= 0.6 is 0 Å². The molecule has 1 aliphatic heterocycles. The molecule has 1 N–H and O–H groups in total. The second kappa shape index (κ2) is 8.65. The summed E-state index contributed by atoms with van der Waals surface area (Å²) in [6.07, 6.45) is 4.48. The predicted molar refractivity (Wildman–Crippen MR) is 103 cm³/mol. The van der Waals surface area contributed by atoms with Crippen LogP contribution < -0.4 is 5.32 Å². The minimum Gasteiger partial charge on any atom is -0.346 e. The van der Waals surface area contributed by atoms with E-state index in [2.05, 4.69) is 5.32 Å². The topological polar surface area (TPSA) is 49.4 Å². The van der Waals surface area contributed by atoms with Gasteiger partial charge in [0.25, 0.3) is 11.8 Å². The van der Waals surface area contributed by atoms with Gasteiger partial charge in [0.15, 0.2) is 0 Å². The Hall–Kier alpha value is -2.62. The van der Waals surface area contributed by atoms with Gasteiger partial charge in [0.05, 0.1) is 6.04 Å². The van der Waals surface area contributed by atoms with E-state index in [1.807, 2.05) is 42.2 Å². The Bertz CT molecular complexity index is 750. The van der Waals surface area contributed by atoms with Gasteiger partial charge in [-0.25, -0.2) is 0 Å². The van der Waals surface area contributed by atoms with Crippen LogP contribution in [0.1, 0.15) is 64.9 Å². The fourth-order valence-electron chi connectivity index (χ4n) is 3.35. The fourth-order valence-corrected chi connectivity index (χ4v) is 3.35. The van der Waals surface area contributed by atoms with E-state index >= 15 is 0 Å². The normalized spacial score (nSPS) is 15.8. The molecule has 0 bridgehead atoms. The maximum Gasteiger partial charge on any atom is 0.253 e. The molecule has 1 saturated heterocycles. The SMILES string of the molecule is CC(NC(=O)c1cccc(C(=O)N2CCCCCC2)c1)c1ccccc1. The van der Waals surface area contributed by atoms with Crippen molar-refractivity contribution in [3.05, 3.63) is 71.3 Å². The smallest absolute Gasteiger partial charge is 0.253 e. The zero-order chi connectivity index (χ0) is 18.4. The lowest BCUT2D eigenvalue weighted by Crippen LogP contribution is -2.32. The molecule has 1 fully saturated rings. The molecule has 1 unspecified atom stereocenters. The van der Waals surface area contributed by atoms with E-state index in [0.717, 1.165) is 31.5 Å². The third-order valence-corrected chi connectivity index (χ3v) is 4.91. The first-order chi connectivity index (χ1) is 12.6. The molecule has 0 aliphatic carbocycles. The van der Waals surface area contributed by atoms with Crippen molar-refractivity contribution in [3.63, 3.8) is 0 Å². The van der Waals surface area contributed by atoms with Crippen molar-refractivity contribution in [1.29, 1.82) is 0 Å². The van der Waals surface area contributed by atoms with Gasteiger partial charge in [-0.2, -0.15) is 0 Å². The van der Waals surface area contributed by atoms with Crippen molar-refractivity contribution in [2.75, 3.05) is 13.1 Å². The van der Waals surface area contributed by atoms with Crippen molar-refractivity contribution < 1.29 is 9.59 Å². The Morgan fingerprint density at radius 3 is 2.23 bits per heavy atom. The zero-order valence-electron chi connectivity index (χ0n) is 15.3. The Morgan fingerprint density at radius 2 is 1.54 bits per heavy atom. The summed E-state index contributed by atoms with van der Waals surface area (Å²) < 4.78 is 0. The van der Waals surface area contributed by atoms with Gasteiger partial charge < -0.3 is 10.2 Å². The second-order valence-electron chi connectivity index (χ2n) is 6.89. The van der Waals surface area contributed by atoms with Crippen molar-refractivity contribution >= 4 is 11.8 Å². The Morgan fingerprint density at radius 1 is 0.885 bits per heavy atom. The summed E-state index contributed by atoms with van der Waals surface area (Å²) in [5.74, 6) is -0.135. The summed E-state index contributed by atoms with van der Waals surface area (Å²) in [6, 6.07) is 16.8. The number of hydrogen-bond acceptors (Lipinski definition) is 2. The number of amides is 2. The summed E-state index contributed by atoms with van der Waals surface area (Å²) in [5.41, 5.74) is 2.16. The highest BCUT2D eigenvalue weighted by Gasteiger charge is 2.19. The van der Waals surface area contributed by atoms with Crippen LogP contribution in [0.5, 0.6) is 0 Å². The average molecular weight is 350 g/mol. The van der Waals surface area contributed by atoms with Crippen LogP contribution in [0.4, 0.5) is 0 Å². The molecule has 0 saturated carbocycles. The second-order valence-corrected chi connectivity index (χ2v) is 6.89. The lowest BCUT2D eigenvalue weighted by Gasteiger charge is -2.20. The van der Waals surface area contributed by atoms with Gasteiger partial charge >= 0.3 is 0 Å². The van der Waals surface area contributed by atoms with Crippen LogP contribution in [0.3, 0.4) is 0 Å². The number of nitrogens with one attached hydrogen (secondary N) is 1. The minimum atomic E-state index is -0.160. The summed E-state index contributed by atoms with van der Waals surface area (Å²) in [6.45, 7) is 3.57. The highest BCUT2D eigenvalue weighted by atomic mass is 16.2. The van der Waals surface area contributed by atoms with Crippen LogP contribution in [0.15, 0.2) is 54.6 Å². The van der Waals surface area contributed by atoms with E-state index in [4.69, 9.17) is 0 Å². The maximum absolute atomic E-state index is 12.8. The number of benzene rings is 2. The lowest BCUT2D eigenvalue weighted by molar-refractivity contribution is 0.0761. The third kappa shape index (κ3) is 4.51. The standard InChI is InChI=1S/C22H26N2O2/c1-17(18-10-5-4-6-11-18)23-21(25)19-12-9-13-20(16-19)22(26)24-14-7-2-3-8-15-24/h4-6,9-13,16-17H,2-3,7-8,14-15H2,1H3,(H,23,25). The van der Waals surface area contributed by atoms with E-state index < -0.39 is 0 Å². The van der Waals surface area contributed by atoms with Gasteiger partial charge in [0.2, 0.25) is 0 Å². The maximum atomic E-state index is 12.8. The molecule has 2 aromatic rings. The van der Waals surface area contributed by atoms with Crippen LogP contribution in [-0.4, -0.2) is 29.8 Å². The van der Waals surface area contributed by atoms with Gasteiger partial charge in [-0.05, 0) is 43.5 Å². The molecule has 26 heavy (non-hydrogen) atoms. The van der Waals surface area contributed by atoms with Crippen molar-refractivity contribution in [3.8, 4) is 0 Å². The first-order valence-corrected chi connectivity index (χ1v) is 9.40. The van der Waals surface area contributed by atoms with E-state index in [1.165, 1.54) is 12.8 Å². The van der Waals surface area contributed by atoms with E-state index in [-0.39, 0.29) is 17.9 Å². The first-order valence-electron chi connectivity index (χ1n) is 9.40. The van der Waals surface area contributed by atoms with E-state index in [1.54, 1.807) is 24.3 Å². The molecule has 0 radical (unpaired) electrons. The molecular weight excluding hydrogens is 324 g/mol. The predicted octanol–water partition coefficient (Wildman–Crippen LogP) is 4.19. The monoisotopic (exact) mass is 350 g/mol. The number of hydrogen-bond donors (Lipinski definition) is 1. The van der Waals surface area contributed by atoms with Crippen molar-refractivity contribution in [2.45, 2.75) is 38.6 Å². The molecule has 3 rings (SSSR count). The highest BCUT2D eigenvalue weighted by molar-refractivity contribution is 5.99. The lowest BCUT2D eigenvalue weighted by atomic mass is 10.1. The van der Waals surface area contributed by atoms with Crippen LogP contribution in [-0.2, 0) is 0 Å². The largest absolute Gasteiger partial charge is 0.346 e. The molecule has 0 aromatic heterocycles. The molecule has 2 amide bonds. The summed E-state index contributed by atoms with van der Waals surface area (Å²) in [5, 5.41) is 3.00. The van der Waals surface area contributed by atoms with Crippen molar-refractivity contribution in [2.24, 2.45) is 0 Å². The van der Waals surface area contributed by atoms with Crippen LogP contribution in [0, 0.1) is 0 Å². The molecule has 2 aromatic carbocycles. The van der Waals surface area contributed by atoms with Crippen molar-refractivity contribution in [1.82, 2.24) is 10.2 Å². The molecule has 4 heteroatoms. The number of carbonyl (C=O) groups excluding carboxylic acids is 2. The Balaban J connectivity index is 1.70. The molecule has 4 nitrogen and oxygen atoms in total. The summed E-state index contributed by atoms with van der Waals surface area (Å²) >= 11 is 0. The summed E-state index contributed by atoms with van der Waals surface area (Å²) in [4.78, 5) is 27.3. The van der Waals surface area contributed by atoms with Gasteiger partial charge in [0, 0.05) is 24.2 Å². The Labute approximate surface area is 155 Å². The molecule has 1 atom stereocenters. The quantitative estimate of drug-likeness (QED) is 0.899. The number of rotatable bonds is 4. The summed E-state index contributed by atoms with van der Waals surface area (Å²) in [7, 11) is 0. The molecular formula is C22H26N2O2. The van der Waals surface area contributed by atoms with Gasteiger partial charge in [-0.1, -0.05) is 49.2 Å². The van der Waals surface area contributed by atoms with Gasteiger partial charge in [-0.15, -0.1) is 0 Å². The first kappa shape index (κ1) is 18.2. The zero-order valence-corrected chi connectivity index (χ0v) is 15.3. The molecule has 1 aliphatic rings. The fraction of sp³-hybridized carbons (Fsp3) is 0.364. The molecule has 136 valence electrons. The van der Waals surface area contributed by atoms with E-state index in [9.17, 15) is 9.59 Å².